The molecule has 0 bridgehead atoms. The van der Waals surface area contributed by atoms with Crippen molar-refractivity contribution >= 4 is 12.0 Å². The Morgan fingerprint density at radius 3 is 2.81 bits per heavy atom. The van der Waals surface area contributed by atoms with E-state index in [2.05, 4.69) is 13.5 Å². The Balaban J connectivity index is 2.63. The maximum atomic E-state index is 12.6. The molecule has 1 aliphatic heterocycles. The number of hydrogen-bond acceptors (Lipinski definition) is 2. The number of aliphatic carboxylic acids is 1. The van der Waals surface area contributed by atoms with Crippen LogP contribution >= 0.6 is 0 Å². The van der Waals surface area contributed by atoms with Gasteiger partial charge >= 0.3 is 12.0 Å². The van der Waals surface area contributed by atoms with E-state index in [0.29, 0.717) is 13.1 Å². The van der Waals surface area contributed by atoms with Gasteiger partial charge < -0.3 is 14.9 Å². The van der Waals surface area contributed by atoms with E-state index in [9.17, 15) is 9.59 Å². The van der Waals surface area contributed by atoms with Crippen LogP contribution in [0.3, 0.4) is 0 Å². The topological polar surface area (TPSA) is 60.9 Å². The standard InChI is InChI=1S/C16H28N2O3/c1-4-8-17(9-5-2)16(21)18-10-6-7-14(12-18)13(3)11-15(19)20/h4,13-14H,1,5-12H2,2-3H3,(H,19,20). The number of likely N-dealkylation sites (tertiary alicyclic amines) is 1. The lowest BCUT2D eigenvalue weighted by Gasteiger charge is -2.38. The number of carboxylic acids is 1. The second kappa shape index (κ2) is 8.70. The summed E-state index contributed by atoms with van der Waals surface area (Å²) in [5.74, 6) is -0.367. The maximum absolute atomic E-state index is 12.6. The van der Waals surface area contributed by atoms with Gasteiger partial charge in [0.25, 0.3) is 0 Å². The largest absolute Gasteiger partial charge is 0.481 e. The Kier molecular flexibility index (Phi) is 7.26. The average Bonchev–Trinajstić information content (AvgIpc) is 2.45. The van der Waals surface area contributed by atoms with Crippen molar-refractivity contribution in [2.75, 3.05) is 26.2 Å². The predicted molar refractivity (Wildman–Crippen MR) is 83.2 cm³/mol. The van der Waals surface area contributed by atoms with E-state index in [1.807, 2.05) is 16.7 Å². The quantitative estimate of drug-likeness (QED) is 0.735. The molecule has 0 aliphatic carbocycles. The molecule has 1 fully saturated rings. The van der Waals surface area contributed by atoms with Gasteiger partial charge in [-0.05, 0) is 31.1 Å². The molecule has 5 nitrogen and oxygen atoms in total. The Morgan fingerprint density at radius 1 is 1.52 bits per heavy atom. The van der Waals surface area contributed by atoms with Gasteiger partial charge in [0.05, 0.1) is 0 Å². The van der Waals surface area contributed by atoms with Crippen LogP contribution < -0.4 is 0 Å². The first-order valence-electron chi connectivity index (χ1n) is 7.86. The normalized spacial score (nSPS) is 19.9. The number of urea groups is 1. The summed E-state index contributed by atoms with van der Waals surface area (Å²) in [5, 5.41) is 8.92. The zero-order valence-corrected chi connectivity index (χ0v) is 13.3. The van der Waals surface area contributed by atoms with Crippen LogP contribution in [0.25, 0.3) is 0 Å². The molecule has 1 rings (SSSR count). The third kappa shape index (κ3) is 5.40. The van der Waals surface area contributed by atoms with Crippen molar-refractivity contribution < 1.29 is 14.7 Å². The Labute approximate surface area is 127 Å². The van der Waals surface area contributed by atoms with Gasteiger partial charge in [-0.3, -0.25) is 4.79 Å². The highest BCUT2D eigenvalue weighted by atomic mass is 16.4. The van der Waals surface area contributed by atoms with E-state index in [0.717, 1.165) is 32.4 Å². The summed E-state index contributed by atoms with van der Waals surface area (Å²) in [6.45, 7) is 10.5. The average molecular weight is 296 g/mol. The fourth-order valence-corrected chi connectivity index (χ4v) is 2.98. The molecular weight excluding hydrogens is 268 g/mol. The van der Waals surface area contributed by atoms with Crippen molar-refractivity contribution in [2.24, 2.45) is 11.8 Å². The summed E-state index contributed by atoms with van der Waals surface area (Å²) in [6, 6.07) is 0.0592. The van der Waals surface area contributed by atoms with Crippen LogP contribution in [0.2, 0.25) is 0 Å². The highest BCUT2D eigenvalue weighted by Crippen LogP contribution is 2.26. The van der Waals surface area contributed by atoms with Crippen molar-refractivity contribution in [1.29, 1.82) is 0 Å². The first kappa shape index (κ1) is 17.5. The highest BCUT2D eigenvalue weighted by Gasteiger charge is 2.30. The third-order valence-corrected chi connectivity index (χ3v) is 4.14. The van der Waals surface area contributed by atoms with Crippen molar-refractivity contribution in [3.05, 3.63) is 12.7 Å². The van der Waals surface area contributed by atoms with E-state index in [1.54, 1.807) is 6.08 Å². The molecule has 1 heterocycles. The molecule has 0 aromatic rings. The van der Waals surface area contributed by atoms with Crippen LogP contribution in [0.1, 0.15) is 39.5 Å². The molecule has 5 heteroatoms. The van der Waals surface area contributed by atoms with Crippen LogP contribution in [0.5, 0.6) is 0 Å². The molecule has 0 aromatic heterocycles. The number of carboxylic acid groups (broad SMARTS) is 1. The van der Waals surface area contributed by atoms with E-state index in [1.165, 1.54) is 0 Å². The van der Waals surface area contributed by atoms with E-state index >= 15 is 0 Å². The number of carbonyl (C=O) groups is 2. The highest BCUT2D eigenvalue weighted by molar-refractivity contribution is 5.74. The first-order valence-corrected chi connectivity index (χ1v) is 7.86. The van der Waals surface area contributed by atoms with Crippen molar-refractivity contribution in [3.8, 4) is 0 Å². The van der Waals surface area contributed by atoms with Gasteiger partial charge in [0.15, 0.2) is 0 Å². The van der Waals surface area contributed by atoms with Gasteiger partial charge in [-0.15, -0.1) is 6.58 Å². The molecule has 2 unspecified atom stereocenters. The van der Waals surface area contributed by atoms with Crippen molar-refractivity contribution in [2.45, 2.75) is 39.5 Å². The summed E-state index contributed by atoms with van der Waals surface area (Å²) in [7, 11) is 0. The first-order chi connectivity index (χ1) is 9.99. The monoisotopic (exact) mass is 296 g/mol. The zero-order chi connectivity index (χ0) is 15.8. The molecule has 21 heavy (non-hydrogen) atoms. The number of rotatable bonds is 7. The lowest BCUT2D eigenvalue weighted by molar-refractivity contribution is -0.138. The van der Waals surface area contributed by atoms with Gasteiger partial charge in [-0.25, -0.2) is 4.79 Å². The Morgan fingerprint density at radius 2 is 2.24 bits per heavy atom. The molecule has 0 radical (unpaired) electrons. The predicted octanol–water partition coefficient (Wildman–Crippen LogP) is 2.83. The van der Waals surface area contributed by atoms with Gasteiger partial charge in [0.2, 0.25) is 0 Å². The van der Waals surface area contributed by atoms with Crippen LogP contribution in [0.4, 0.5) is 4.79 Å². The van der Waals surface area contributed by atoms with Gasteiger partial charge in [0.1, 0.15) is 0 Å². The fraction of sp³-hybridized carbons (Fsp3) is 0.750. The third-order valence-electron chi connectivity index (χ3n) is 4.14. The Bertz CT molecular complexity index is 371. The Hall–Kier alpha value is -1.52. The molecule has 1 saturated heterocycles. The second-order valence-electron chi connectivity index (χ2n) is 5.94. The summed E-state index contributed by atoms with van der Waals surface area (Å²) in [6.07, 6.45) is 4.81. The summed E-state index contributed by atoms with van der Waals surface area (Å²) >= 11 is 0. The van der Waals surface area contributed by atoms with Crippen LogP contribution in [0.15, 0.2) is 12.7 Å². The summed E-state index contributed by atoms with van der Waals surface area (Å²) in [5.41, 5.74) is 0. The van der Waals surface area contributed by atoms with Crippen LogP contribution in [-0.2, 0) is 4.79 Å². The fourth-order valence-electron chi connectivity index (χ4n) is 2.98. The summed E-state index contributed by atoms with van der Waals surface area (Å²) < 4.78 is 0. The number of piperidine rings is 1. The minimum atomic E-state index is -0.759. The minimum Gasteiger partial charge on any atom is -0.481 e. The lowest BCUT2D eigenvalue weighted by Crippen LogP contribution is -2.48. The lowest BCUT2D eigenvalue weighted by atomic mass is 9.85. The van der Waals surface area contributed by atoms with Crippen LogP contribution in [0, 0.1) is 11.8 Å². The van der Waals surface area contributed by atoms with Gasteiger partial charge in [-0.1, -0.05) is 19.9 Å². The molecule has 120 valence electrons. The van der Waals surface area contributed by atoms with Gasteiger partial charge in [0, 0.05) is 32.6 Å². The summed E-state index contributed by atoms with van der Waals surface area (Å²) in [4.78, 5) is 27.1. The van der Waals surface area contributed by atoms with E-state index < -0.39 is 5.97 Å². The molecule has 0 aromatic carbocycles. The SMILES string of the molecule is C=CCN(CCC)C(=O)N1CCCC(C(C)CC(=O)O)C1. The molecule has 2 amide bonds. The minimum absolute atomic E-state index is 0.0592. The van der Waals surface area contributed by atoms with Gasteiger partial charge in [-0.2, -0.15) is 0 Å². The van der Waals surface area contributed by atoms with E-state index in [4.69, 9.17) is 5.11 Å². The number of hydrogen-bond donors (Lipinski definition) is 1. The smallest absolute Gasteiger partial charge is 0.320 e. The van der Waals surface area contributed by atoms with E-state index in [-0.39, 0.29) is 24.3 Å². The number of nitrogens with zero attached hydrogens (tertiary/aromatic N) is 2. The molecular formula is C16H28N2O3. The molecule has 0 saturated carbocycles. The van der Waals surface area contributed by atoms with Crippen molar-refractivity contribution in [3.63, 3.8) is 0 Å². The molecule has 0 spiro atoms. The van der Waals surface area contributed by atoms with Crippen LogP contribution in [-0.4, -0.2) is 53.1 Å². The maximum Gasteiger partial charge on any atom is 0.320 e. The van der Waals surface area contributed by atoms with Crippen molar-refractivity contribution in [1.82, 2.24) is 9.80 Å². The second-order valence-corrected chi connectivity index (χ2v) is 5.94. The molecule has 2 atom stereocenters. The number of amides is 2. The molecule has 1 aliphatic rings. The molecule has 1 N–H and O–H groups in total. The zero-order valence-electron chi connectivity index (χ0n) is 13.3. The number of carbonyl (C=O) groups excluding carboxylic acids is 1.